The number of nitrogens with zero attached hydrogens (tertiary/aromatic N) is 2. The fourth-order valence-corrected chi connectivity index (χ4v) is 3.08. The zero-order chi connectivity index (χ0) is 16.2. The molecule has 0 radical (unpaired) electrons. The first kappa shape index (κ1) is 15.8. The van der Waals surface area contributed by atoms with Gasteiger partial charge < -0.3 is 15.7 Å². The van der Waals surface area contributed by atoms with Gasteiger partial charge in [0.25, 0.3) is 0 Å². The number of aromatic nitrogens is 2. The zero-order valence-electron chi connectivity index (χ0n) is 12.6. The Hall–Kier alpha value is -2.05. The van der Waals surface area contributed by atoms with Crippen molar-refractivity contribution in [1.82, 2.24) is 15.1 Å². The van der Waals surface area contributed by atoms with Crippen molar-refractivity contribution in [2.75, 3.05) is 5.32 Å². The summed E-state index contributed by atoms with van der Waals surface area (Å²) in [5.41, 5.74) is 1.22. The van der Waals surface area contributed by atoms with Crippen LogP contribution in [0.4, 0.5) is 10.5 Å². The summed E-state index contributed by atoms with van der Waals surface area (Å²) in [7, 11) is 0. The van der Waals surface area contributed by atoms with Gasteiger partial charge in [-0.1, -0.05) is 17.7 Å². The number of carbonyl (C=O) groups excluding carboxylic acids is 1. The Balaban J connectivity index is 1.70. The minimum Gasteiger partial charge on any atom is -0.393 e. The van der Waals surface area contributed by atoms with Gasteiger partial charge in [-0.25, -0.2) is 9.48 Å². The maximum absolute atomic E-state index is 12.2. The second kappa shape index (κ2) is 7.02. The lowest BCUT2D eigenvalue weighted by atomic mass is 9.93. The van der Waals surface area contributed by atoms with Crippen LogP contribution in [0, 0.1) is 0 Å². The lowest BCUT2D eigenvalue weighted by molar-refractivity contribution is 0.118. The highest BCUT2D eigenvalue weighted by molar-refractivity contribution is 6.33. The Labute approximate surface area is 139 Å². The average Bonchev–Trinajstić information content (AvgIpc) is 3.03. The largest absolute Gasteiger partial charge is 0.393 e. The third-order valence-corrected chi connectivity index (χ3v) is 4.31. The molecule has 1 heterocycles. The minimum atomic E-state index is -0.276. The fraction of sp³-hybridized carbons (Fsp3) is 0.375. The summed E-state index contributed by atoms with van der Waals surface area (Å²) in [4.78, 5) is 12.2. The number of urea groups is 1. The Morgan fingerprint density at radius 2 is 2.04 bits per heavy atom. The van der Waals surface area contributed by atoms with Crippen molar-refractivity contribution in [3.63, 3.8) is 0 Å². The first-order valence-corrected chi connectivity index (χ1v) is 8.05. The van der Waals surface area contributed by atoms with Crippen LogP contribution in [0.1, 0.15) is 25.7 Å². The van der Waals surface area contributed by atoms with Crippen molar-refractivity contribution in [3.05, 3.63) is 41.7 Å². The van der Waals surface area contributed by atoms with Crippen LogP contribution in [-0.2, 0) is 0 Å². The van der Waals surface area contributed by atoms with Gasteiger partial charge in [0.05, 0.1) is 16.8 Å². The predicted octanol–water partition coefficient (Wildman–Crippen LogP) is 2.95. The molecule has 0 bridgehead atoms. The molecule has 1 aromatic heterocycles. The predicted molar refractivity (Wildman–Crippen MR) is 89.0 cm³/mol. The number of aliphatic hydroxyl groups is 1. The summed E-state index contributed by atoms with van der Waals surface area (Å²) in [5, 5.41) is 20.0. The fourth-order valence-electron chi connectivity index (χ4n) is 2.81. The van der Waals surface area contributed by atoms with E-state index in [0.717, 1.165) is 25.7 Å². The monoisotopic (exact) mass is 334 g/mol. The first-order chi connectivity index (χ1) is 11.1. The normalized spacial score (nSPS) is 21.0. The number of anilines is 1. The Kier molecular flexibility index (Phi) is 4.83. The van der Waals surface area contributed by atoms with Crippen LogP contribution >= 0.6 is 11.6 Å². The molecule has 0 atom stereocenters. The van der Waals surface area contributed by atoms with E-state index in [1.165, 1.54) is 0 Å². The van der Waals surface area contributed by atoms with Crippen LogP contribution in [0.2, 0.25) is 5.02 Å². The highest BCUT2D eigenvalue weighted by Crippen LogP contribution is 2.28. The average molecular weight is 335 g/mol. The van der Waals surface area contributed by atoms with Crippen molar-refractivity contribution in [2.24, 2.45) is 0 Å². The summed E-state index contributed by atoms with van der Waals surface area (Å²) in [5.74, 6) is 0. The third-order valence-electron chi connectivity index (χ3n) is 4.00. The molecule has 2 aromatic rings. The number of nitrogens with one attached hydrogen (secondary N) is 2. The molecular formula is C16H19ClN4O2. The molecule has 23 heavy (non-hydrogen) atoms. The number of aliphatic hydroxyl groups excluding tert-OH is 1. The van der Waals surface area contributed by atoms with Crippen LogP contribution in [-0.4, -0.2) is 33.1 Å². The topological polar surface area (TPSA) is 79.2 Å². The number of para-hydroxylation sites is 1. The highest BCUT2D eigenvalue weighted by Gasteiger charge is 2.21. The Bertz CT molecular complexity index is 667. The molecule has 3 rings (SSSR count). The van der Waals surface area contributed by atoms with E-state index in [1.54, 1.807) is 41.3 Å². The summed E-state index contributed by atoms with van der Waals surface area (Å²) in [6.07, 6.45) is 6.21. The molecular weight excluding hydrogens is 316 g/mol. The molecule has 0 saturated heterocycles. The van der Waals surface area contributed by atoms with E-state index in [9.17, 15) is 9.90 Å². The standard InChI is InChI=1S/C16H19ClN4O2/c17-13-3-1-4-14(15(13)21-10-2-9-18-21)20-16(23)19-11-5-7-12(22)8-6-11/h1-4,9-12,22H,5-8H2,(H2,19,20,23). The highest BCUT2D eigenvalue weighted by atomic mass is 35.5. The second-order valence-electron chi connectivity index (χ2n) is 5.69. The molecule has 1 saturated carbocycles. The van der Waals surface area contributed by atoms with Gasteiger partial charge in [0, 0.05) is 18.4 Å². The number of halogens is 1. The Morgan fingerprint density at radius 3 is 2.74 bits per heavy atom. The molecule has 2 amide bonds. The van der Waals surface area contributed by atoms with Gasteiger partial charge in [-0.05, 0) is 43.9 Å². The van der Waals surface area contributed by atoms with Gasteiger partial charge >= 0.3 is 6.03 Å². The molecule has 7 heteroatoms. The van der Waals surface area contributed by atoms with Gasteiger partial charge in [-0.2, -0.15) is 5.10 Å². The van der Waals surface area contributed by atoms with Gasteiger partial charge in [-0.15, -0.1) is 0 Å². The summed E-state index contributed by atoms with van der Waals surface area (Å²) in [6, 6.07) is 6.92. The third kappa shape index (κ3) is 3.83. The van der Waals surface area contributed by atoms with E-state index in [-0.39, 0.29) is 18.2 Å². The lowest BCUT2D eigenvalue weighted by Gasteiger charge is -2.26. The molecule has 1 aliphatic rings. The van der Waals surface area contributed by atoms with Crippen LogP contribution in [0.3, 0.4) is 0 Å². The van der Waals surface area contributed by atoms with E-state index in [4.69, 9.17) is 11.6 Å². The quantitative estimate of drug-likeness (QED) is 0.807. The number of benzene rings is 1. The van der Waals surface area contributed by atoms with Crippen LogP contribution in [0.15, 0.2) is 36.7 Å². The van der Waals surface area contributed by atoms with E-state index in [1.807, 2.05) is 0 Å². The zero-order valence-corrected chi connectivity index (χ0v) is 13.3. The first-order valence-electron chi connectivity index (χ1n) is 7.67. The number of amides is 2. The van der Waals surface area contributed by atoms with Crippen molar-refractivity contribution < 1.29 is 9.90 Å². The SMILES string of the molecule is O=C(Nc1cccc(Cl)c1-n1cccn1)NC1CCC(O)CC1. The number of carbonyl (C=O) groups is 1. The Morgan fingerprint density at radius 1 is 1.26 bits per heavy atom. The van der Waals surface area contributed by atoms with Crippen LogP contribution < -0.4 is 10.6 Å². The van der Waals surface area contributed by atoms with Crippen molar-refractivity contribution >= 4 is 23.3 Å². The maximum atomic E-state index is 12.2. The molecule has 0 spiro atoms. The number of hydrogen-bond donors (Lipinski definition) is 3. The number of hydrogen-bond acceptors (Lipinski definition) is 3. The second-order valence-corrected chi connectivity index (χ2v) is 6.10. The van der Waals surface area contributed by atoms with Crippen molar-refractivity contribution in [2.45, 2.75) is 37.8 Å². The molecule has 0 aliphatic heterocycles. The molecule has 1 aliphatic carbocycles. The van der Waals surface area contributed by atoms with Crippen molar-refractivity contribution in [1.29, 1.82) is 0 Å². The molecule has 0 unspecified atom stereocenters. The summed E-state index contributed by atoms with van der Waals surface area (Å²) >= 11 is 6.25. The minimum absolute atomic E-state index is 0.0886. The molecule has 1 aromatic carbocycles. The molecule has 1 fully saturated rings. The lowest BCUT2D eigenvalue weighted by Crippen LogP contribution is -2.41. The van der Waals surface area contributed by atoms with E-state index >= 15 is 0 Å². The van der Waals surface area contributed by atoms with Crippen molar-refractivity contribution in [3.8, 4) is 5.69 Å². The summed E-state index contributed by atoms with van der Waals surface area (Å²) < 4.78 is 1.62. The van der Waals surface area contributed by atoms with E-state index in [0.29, 0.717) is 16.4 Å². The summed E-state index contributed by atoms with van der Waals surface area (Å²) in [6.45, 7) is 0. The van der Waals surface area contributed by atoms with Gasteiger partial charge in [0.15, 0.2) is 0 Å². The smallest absolute Gasteiger partial charge is 0.319 e. The molecule has 6 nitrogen and oxygen atoms in total. The molecule has 122 valence electrons. The number of rotatable bonds is 3. The molecule has 3 N–H and O–H groups in total. The maximum Gasteiger partial charge on any atom is 0.319 e. The van der Waals surface area contributed by atoms with Gasteiger partial charge in [0.2, 0.25) is 0 Å². The van der Waals surface area contributed by atoms with Gasteiger partial charge in [0.1, 0.15) is 5.69 Å². The van der Waals surface area contributed by atoms with Crippen LogP contribution in [0.5, 0.6) is 0 Å². The van der Waals surface area contributed by atoms with E-state index < -0.39 is 0 Å². The van der Waals surface area contributed by atoms with Gasteiger partial charge in [-0.3, -0.25) is 0 Å². The van der Waals surface area contributed by atoms with Crippen LogP contribution in [0.25, 0.3) is 5.69 Å². The van der Waals surface area contributed by atoms with E-state index in [2.05, 4.69) is 15.7 Å².